The number of nitrogens with zero attached hydrogens (tertiary/aromatic N) is 2. The Morgan fingerprint density at radius 1 is 1.57 bits per heavy atom. The van der Waals surface area contributed by atoms with Crippen molar-refractivity contribution < 1.29 is 9.90 Å². The molecule has 0 atom stereocenters. The minimum Gasteiger partial charge on any atom is -0.478 e. The molecule has 0 saturated carbocycles. The van der Waals surface area contributed by atoms with Gasteiger partial charge in [0.1, 0.15) is 0 Å². The van der Waals surface area contributed by atoms with Gasteiger partial charge in [0.05, 0.1) is 17.3 Å². The fraction of sp³-hybridized carbons (Fsp3) is 0.200. The first-order valence-electron chi connectivity index (χ1n) is 4.41. The van der Waals surface area contributed by atoms with E-state index in [-0.39, 0.29) is 0 Å². The first-order valence-corrected chi connectivity index (χ1v) is 4.41. The van der Waals surface area contributed by atoms with Crippen molar-refractivity contribution in [2.24, 2.45) is 0 Å². The smallest absolute Gasteiger partial charge is 0.335 e. The number of aryl methyl sites for hydroxylation is 1. The second-order valence-corrected chi connectivity index (χ2v) is 3.04. The molecule has 2 rings (SSSR count). The summed E-state index contributed by atoms with van der Waals surface area (Å²) < 4.78 is 1.83. The summed E-state index contributed by atoms with van der Waals surface area (Å²) in [6.07, 6.45) is 1.69. The van der Waals surface area contributed by atoms with Gasteiger partial charge in [0.15, 0.2) is 0 Å². The maximum absolute atomic E-state index is 10.7. The van der Waals surface area contributed by atoms with E-state index in [0.29, 0.717) is 5.56 Å². The Bertz CT molecular complexity index is 488. The third kappa shape index (κ3) is 1.25. The number of benzene rings is 1. The number of hydrogen-bond donors (Lipinski definition) is 1. The van der Waals surface area contributed by atoms with Crippen molar-refractivity contribution in [3.63, 3.8) is 0 Å². The number of rotatable bonds is 2. The zero-order valence-corrected chi connectivity index (χ0v) is 7.77. The first kappa shape index (κ1) is 8.74. The van der Waals surface area contributed by atoms with Gasteiger partial charge in [-0.2, -0.15) is 5.10 Å². The number of aromatic nitrogens is 2. The average Bonchev–Trinajstić information content (AvgIpc) is 2.59. The van der Waals surface area contributed by atoms with E-state index in [1.807, 2.05) is 11.6 Å². The highest BCUT2D eigenvalue weighted by molar-refractivity contribution is 5.93. The van der Waals surface area contributed by atoms with E-state index < -0.39 is 5.97 Å². The zero-order valence-electron chi connectivity index (χ0n) is 7.77. The van der Waals surface area contributed by atoms with Gasteiger partial charge in [-0.05, 0) is 25.1 Å². The normalized spacial score (nSPS) is 10.6. The van der Waals surface area contributed by atoms with Crippen LogP contribution in [0.25, 0.3) is 10.9 Å². The molecule has 1 N–H and O–H groups in total. The lowest BCUT2D eigenvalue weighted by Crippen LogP contribution is -1.97. The molecule has 0 radical (unpaired) electrons. The highest BCUT2D eigenvalue weighted by Gasteiger charge is 2.06. The van der Waals surface area contributed by atoms with E-state index in [2.05, 4.69) is 5.10 Å². The van der Waals surface area contributed by atoms with E-state index >= 15 is 0 Å². The van der Waals surface area contributed by atoms with E-state index in [9.17, 15) is 4.79 Å². The second-order valence-electron chi connectivity index (χ2n) is 3.04. The fourth-order valence-corrected chi connectivity index (χ4v) is 1.47. The lowest BCUT2D eigenvalue weighted by atomic mass is 10.1. The molecule has 0 aliphatic heterocycles. The van der Waals surface area contributed by atoms with Crippen LogP contribution >= 0.6 is 0 Å². The number of aromatic carboxylic acids is 1. The second kappa shape index (κ2) is 3.14. The highest BCUT2D eigenvalue weighted by atomic mass is 16.4. The van der Waals surface area contributed by atoms with Gasteiger partial charge in [-0.15, -0.1) is 0 Å². The van der Waals surface area contributed by atoms with Crippen LogP contribution in [0.2, 0.25) is 0 Å². The Morgan fingerprint density at radius 3 is 3.00 bits per heavy atom. The lowest BCUT2D eigenvalue weighted by Gasteiger charge is -1.98. The molecule has 0 amide bonds. The lowest BCUT2D eigenvalue weighted by molar-refractivity contribution is 0.0697. The van der Waals surface area contributed by atoms with Crippen LogP contribution in [0.1, 0.15) is 17.3 Å². The minimum absolute atomic E-state index is 0.299. The van der Waals surface area contributed by atoms with Crippen LogP contribution < -0.4 is 0 Å². The number of carboxylic acid groups (broad SMARTS) is 1. The van der Waals surface area contributed by atoms with E-state index in [1.165, 1.54) is 0 Å². The van der Waals surface area contributed by atoms with Gasteiger partial charge < -0.3 is 5.11 Å². The molecule has 0 unspecified atom stereocenters. The van der Waals surface area contributed by atoms with Gasteiger partial charge in [-0.1, -0.05) is 0 Å². The summed E-state index contributed by atoms with van der Waals surface area (Å²) in [6.45, 7) is 2.79. The van der Waals surface area contributed by atoms with E-state index in [1.54, 1.807) is 24.4 Å². The molecular weight excluding hydrogens is 180 g/mol. The topological polar surface area (TPSA) is 55.1 Å². The standard InChI is InChI=1S/C10H10N2O2/c1-2-12-9-4-3-7(10(13)14)5-8(9)6-11-12/h3-6H,2H2,1H3,(H,13,14). The Morgan fingerprint density at radius 2 is 2.36 bits per heavy atom. The molecule has 14 heavy (non-hydrogen) atoms. The molecule has 0 spiro atoms. The largest absolute Gasteiger partial charge is 0.478 e. The van der Waals surface area contributed by atoms with Crippen molar-refractivity contribution in [3.05, 3.63) is 30.0 Å². The molecule has 1 aromatic heterocycles. The predicted molar refractivity (Wildman–Crippen MR) is 52.4 cm³/mol. The molecule has 2 aromatic rings. The maximum atomic E-state index is 10.7. The third-order valence-electron chi connectivity index (χ3n) is 2.19. The van der Waals surface area contributed by atoms with Crippen LogP contribution in [0, 0.1) is 0 Å². The molecule has 1 aromatic carbocycles. The molecule has 4 nitrogen and oxygen atoms in total. The minimum atomic E-state index is -0.906. The van der Waals surface area contributed by atoms with Gasteiger partial charge in [0, 0.05) is 11.9 Å². The first-order chi connectivity index (χ1) is 6.72. The summed E-state index contributed by atoms with van der Waals surface area (Å²) in [5.74, 6) is -0.906. The highest BCUT2D eigenvalue weighted by Crippen LogP contribution is 2.15. The van der Waals surface area contributed by atoms with E-state index in [4.69, 9.17) is 5.11 Å². The molecule has 0 aliphatic rings. The molecule has 0 saturated heterocycles. The quantitative estimate of drug-likeness (QED) is 0.784. The molecule has 1 heterocycles. The van der Waals surface area contributed by atoms with Crippen molar-refractivity contribution in [2.45, 2.75) is 13.5 Å². The van der Waals surface area contributed by atoms with E-state index in [0.717, 1.165) is 17.4 Å². The number of fused-ring (bicyclic) bond motifs is 1. The summed E-state index contributed by atoms with van der Waals surface area (Å²) in [4.78, 5) is 10.7. The van der Waals surface area contributed by atoms with Crippen molar-refractivity contribution >= 4 is 16.9 Å². The Labute approximate surface area is 80.8 Å². The number of hydrogen-bond acceptors (Lipinski definition) is 2. The molecule has 4 heteroatoms. The summed E-state index contributed by atoms with van der Waals surface area (Å²) in [5, 5.41) is 13.8. The van der Waals surface area contributed by atoms with Crippen LogP contribution in [-0.2, 0) is 6.54 Å². The molecular formula is C10H10N2O2. The van der Waals surface area contributed by atoms with Gasteiger partial charge in [-0.25, -0.2) is 4.79 Å². The SMILES string of the molecule is CCn1ncc2cc(C(=O)O)ccc21. The van der Waals surface area contributed by atoms with Crippen molar-refractivity contribution in [1.82, 2.24) is 9.78 Å². The van der Waals surface area contributed by atoms with Crippen molar-refractivity contribution in [3.8, 4) is 0 Å². The van der Waals surface area contributed by atoms with Crippen molar-refractivity contribution in [2.75, 3.05) is 0 Å². The number of carbonyl (C=O) groups is 1. The predicted octanol–water partition coefficient (Wildman–Crippen LogP) is 1.75. The summed E-state index contributed by atoms with van der Waals surface area (Å²) in [6, 6.07) is 5.02. The molecule has 0 aliphatic carbocycles. The summed E-state index contributed by atoms with van der Waals surface area (Å²) >= 11 is 0. The monoisotopic (exact) mass is 190 g/mol. The van der Waals surface area contributed by atoms with Gasteiger partial charge in [-0.3, -0.25) is 4.68 Å². The molecule has 0 bridgehead atoms. The van der Waals surface area contributed by atoms with Gasteiger partial charge >= 0.3 is 5.97 Å². The maximum Gasteiger partial charge on any atom is 0.335 e. The molecule has 72 valence electrons. The van der Waals surface area contributed by atoms with Crippen LogP contribution in [-0.4, -0.2) is 20.9 Å². The number of carboxylic acids is 1. The Hall–Kier alpha value is -1.84. The van der Waals surface area contributed by atoms with Crippen LogP contribution in [0.15, 0.2) is 24.4 Å². The van der Waals surface area contributed by atoms with Crippen LogP contribution in [0.4, 0.5) is 0 Å². The average molecular weight is 190 g/mol. The van der Waals surface area contributed by atoms with Gasteiger partial charge in [0.25, 0.3) is 0 Å². The molecule has 0 fully saturated rings. The van der Waals surface area contributed by atoms with Crippen molar-refractivity contribution in [1.29, 1.82) is 0 Å². The van der Waals surface area contributed by atoms with Gasteiger partial charge in [0.2, 0.25) is 0 Å². The summed E-state index contributed by atoms with van der Waals surface area (Å²) in [7, 11) is 0. The Balaban J connectivity index is 2.63. The summed E-state index contributed by atoms with van der Waals surface area (Å²) in [5.41, 5.74) is 1.27. The fourth-order valence-electron chi connectivity index (χ4n) is 1.47. The van der Waals surface area contributed by atoms with Crippen LogP contribution in [0.3, 0.4) is 0 Å². The van der Waals surface area contributed by atoms with Crippen LogP contribution in [0.5, 0.6) is 0 Å². The Kier molecular flexibility index (Phi) is 1.96. The zero-order chi connectivity index (χ0) is 10.1. The third-order valence-corrected chi connectivity index (χ3v) is 2.19.